The molecule has 2 atom stereocenters. The van der Waals surface area contributed by atoms with Crippen molar-refractivity contribution in [3.63, 3.8) is 0 Å². The SMILES string of the molecule is O=C(NCc1ccc(C(F)(F)F)cc1F)[C@H]1CCCN1C(=O)[C@H]1CCCN(S(=O)(=O)N2CC(O)(C(F)F)C2)C1. The Morgan fingerprint density at radius 1 is 1.10 bits per heavy atom. The molecule has 1 aromatic carbocycles. The lowest BCUT2D eigenvalue weighted by molar-refractivity contribution is -0.157. The third-order valence-corrected chi connectivity index (χ3v) is 9.26. The average Bonchev–Trinajstić information content (AvgIpc) is 3.34. The molecule has 3 saturated heterocycles. The number of nitrogens with zero attached hydrogens (tertiary/aromatic N) is 3. The van der Waals surface area contributed by atoms with Crippen LogP contribution in [-0.2, 0) is 32.5 Å². The van der Waals surface area contributed by atoms with E-state index in [4.69, 9.17) is 0 Å². The number of amides is 2. The second kappa shape index (κ2) is 10.9. The normalized spacial score (nSPS) is 24.6. The van der Waals surface area contributed by atoms with Crippen LogP contribution in [-0.4, -0.2) is 89.6 Å². The molecule has 16 heteroatoms. The predicted molar refractivity (Wildman–Crippen MR) is 124 cm³/mol. The third-order valence-electron chi connectivity index (χ3n) is 7.36. The highest BCUT2D eigenvalue weighted by Gasteiger charge is 2.55. The molecule has 0 aromatic heterocycles. The van der Waals surface area contributed by atoms with Crippen LogP contribution in [0.5, 0.6) is 0 Å². The lowest BCUT2D eigenvalue weighted by Crippen LogP contribution is -2.69. The number of hydrogen-bond acceptors (Lipinski definition) is 5. The quantitative estimate of drug-likeness (QED) is 0.473. The van der Waals surface area contributed by atoms with Crippen LogP contribution in [0.1, 0.15) is 36.8 Å². The Morgan fingerprint density at radius 2 is 1.77 bits per heavy atom. The minimum atomic E-state index is -4.72. The number of β-amino-alcohol motifs (C(OH)–C–C–N with tert-alkyl or cyclic N) is 1. The number of carbonyl (C=O) groups is 2. The first-order chi connectivity index (χ1) is 18.1. The van der Waals surface area contributed by atoms with Crippen molar-refractivity contribution in [2.24, 2.45) is 5.92 Å². The number of rotatable bonds is 7. The van der Waals surface area contributed by atoms with Crippen molar-refractivity contribution in [3.8, 4) is 0 Å². The van der Waals surface area contributed by atoms with E-state index >= 15 is 0 Å². The van der Waals surface area contributed by atoms with Crippen LogP contribution in [0.15, 0.2) is 18.2 Å². The van der Waals surface area contributed by atoms with Gasteiger partial charge in [0.15, 0.2) is 5.60 Å². The maximum atomic E-state index is 14.1. The largest absolute Gasteiger partial charge is 0.416 e. The number of halogens is 6. The minimum absolute atomic E-state index is 0.0678. The molecule has 9 nitrogen and oxygen atoms in total. The zero-order chi connectivity index (χ0) is 28.8. The van der Waals surface area contributed by atoms with Crippen molar-refractivity contribution in [1.82, 2.24) is 18.8 Å². The number of nitrogens with one attached hydrogen (secondary N) is 1. The summed E-state index contributed by atoms with van der Waals surface area (Å²) in [7, 11) is -4.19. The molecule has 2 amide bonds. The van der Waals surface area contributed by atoms with E-state index in [9.17, 15) is 49.5 Å². The fraction of sp³-hybridized carbons (Fsp3) is 0.652. The summed E-state index contributed by atoms with van der Waals surface area (Å²) in [6.07, 6.45) is -6.39. The summed E-state index contributed by atoms with van der Waals surface area (Å²) in [4.78, 5) is 27.4. The van der Waals surface area contributed by atoms with Gasteiger partial charge in [0.25, 0.3) is 16.6 Å². The van der Waals surface area contributed by atoms with E-state index in [1.165, 1.54) is 4.90 Å². The van der Waals surface area contributed by atoms with Gasteiger partial charge in [-0.3, -0.25) is 9.59 Å². The second-order valence-electron chi connectivity index (χ2n) is 10.1. The van der Waals surface area contributed by atoms with Gasteiger partial charge >= 0.3 is 6.18 Å². The Balaban J connectivity index is 1.36. The van der Waals surface area contributed by atoms with Gasteiger partial charge in [0, 0.05) is 31.7 Å². The number of benzene rings is 1. The molecule has 1 aromatic rings. The molecule has 0 unspecified atom stereocenters. The molecule has 0 bridgehead atoms. The molecule has 218 valence electrons. The number of alkyl halides is 5. The van der Waals surface area contributed by atoms with Gasteiger partial charge in [-0.2, -0.15) is 30.2 Å². The molecule has 3 heterocycles. The van der Waals surface area contributed by atoms with Crippen molar-refractivity contribution in [3.05, 3.63) is 35.1 Å². The molecule has 3 fully saturated rings. The van der Waals surface area contributed by atoms with Crippen LogP contribution < -0.4 is 5.32 Å². The van der Waals surface area contributed by atoms with Crippen molar-refractivity contribution >= 4 is 22.0 Å². The molecule has 0 aliphatic carbocycles. The van der Waals surface area contributed by atoms with Crippen LogP contribution in [0.25, 0.3) is 0 Å². The van der Waals surface area contributed by atoms with Crippen LogP contribution in [0, 0.1) is 11.7 Å². The number of hydrogen-bond donors (Lipinski definition) is 2. The molecule has 4 rings (SSSR count). The second-order valence-corrected chi connectivity index (χ2v) is 12.0. The number of carbonyl (C=O) groups excluding carboxylic acids is 2. The predicted octanol–water partition coefficient (Wildman–Crippen LogP) is 1.72. The zero-order valence-electron chi connectivity index (χ0n) is 20.6. The van der Waals surface area contributed by atoms with E-state index in [1.54, 1.807) is 0 Å². The van der Waals surface area contributed by atoms with Gasteiger partial charge in [-0.05, 0) is 37.8 Å². The number of piperidine rings is 1. The molecule has 0 spiro atoms. The average molecular weight is 587 g/mol. The Bertz CT molecular complexity index is 1210. The first-order valence-corrected chi connectivity index (χ1v) is 13.7. The fourth-order valence-corrected chi connectivity index (χ4v) is 6.92. The van der Waals surface area contributed by atoms with Crippen molar-refractivity contribution in [2.75, 3.05) is 32.7 Å². The standard InChI is InChI=1S/C23H28F6N4O5S/c24-17-9-16(23(27,28)29)6-5-14(17)10-30-19(34)18-4-2-8-33(18)20(35)15-3-1-7-31(11-15)39(37,38)32-12-22(36,13-32)21(25)26/h5-6,9,15,18,21,36H,1-4,7-8,10-13H2,(H,30,34)/t15-,18+/m0/s1. The highest BCUT2D eigenvalue weighted by Crippen LogP contribution is 2.34. The molecule has 0 saturated carbocycles. The smallest absolute Gasteiger partial charge is 0.381 e. The maximum absolute atomic E-state index is 14.1. The summed E-state index contributed by atoms with van der Waals surface area (Å²) in [6, 6.07) is 1.04. The van der Waals surface area contributed by atoms with Gasteiger partial charge in [0.1, 0.15) is 11.9 Å². The topological polar surface area (TPSA) is 110 Å². The van der Waals surface area contributed by atoms with Crippen molar-refractivity contribution < 1.29 is 49.5 Å². The summed E-state index contributed by atoms with van der Waals surface area (Å²) < 4.78 is 106. The van der Waals surface area contributed by atoms with E-state index < -0.39 is 83.2 Å². The summed E-state index contributed by atoms with van der Waals surface area (Å²) >= 11 is 0. The first-order valence-electron chi connectivity index (χ1n) is 12.3. The van der Waals surface area contributed by atoms with Gasteiger partial charge in [0.05, 0.1) is 24.6 Å². The molecular weight excluding hydrogens is 558 g/mol. The summed E-state index contributed by atoms with van der Waals surface area (Å²) in [5.74, 6) is -3.00. The highest BCUT2D eigenvalue weighted by molar-refractivity contribution is 7.86. The zero-order valence-corrected chi connectivity index (χ0v) is 21.4. The lowest BCUT2D eigenvalue weighted by Gasteiger charge is -2.47. The number of aliphatic hydroxyl groups is 1. The van der Waals surface area contributed by atoms with Gasteiger partial charge in [-0.25, -0.2) is 13.2 Å². The first kappa shape index (κ1) is 29.6. The van der Waals surface area contributed by atoms with Gasteiger partial charge in [-0.1, -0.05) is 6.07 Å². The molecule has 3 aliphatic heterocycles. The minimum Gasteiger partial charge on any atom is -0.381 e. The van der Waals surface area contributed by atoms with Crippen LogP contribution in [0.3, 0.4) is 0 Å². The Labute approximate surface area is 220 Å². The van der Waals surface area contributed by atoms with E-state index in [2.05, 4.69) is 5.32 Å². The summed E-state index contributed by atoms with van der Waals surface area (Å²) in [5.41, 5.74) is -3.73. The molecule has 0 radical (unpaired) electrons. The van der Waals surface area contributed by atoms with Gasteiger partial charge < -0.3 is 15.3 Å². The van der Waals surface area contributed by atoms with E-state index in [1.807, 2.05) is 0 Å². The van der Waals surface area contributed by atoms with Crippen molar-refractivity contribution in [2.45, 2.75) is 56.5 Å². The Morgan fingerprint density at radius 3 is 2.38 bits per heavy atom. The molecule has 39 heavy (non-hydrogen) atoms. The van der Waals surface area contributed by atoms with Gasteiger partial charge in [-0.15, -0.1) is 0 Å². The lowest BCUT2D eigenvalue weighted by atomic mass is 9.97. The van der Waals surface area contributed by atoms with Crippen LogP contribution >= 0.6 is 0 Å². The Kier molecular flexibility index (Phi) is 8.23. The molecule has 2 N–H and O–H groups in total. The monoisotopic (exact) mass is 586 g/mol. The van der Waals surface area contributed by atoms with E-state index in [-0.39, 0.29) is 25.2 Å². The fourth-order valence-electron chi connectivity index (χ4n) is 5.09. The van der Waals surface area contributed by atoms with Crippen LogP contribution in [0.2, 0.25) is 0 Å². The Hall–Kier alpha value is -2.43. The number of likely N-dealkylation sites (tertiary alicyclic amines) is 1. The third kappa shape index (κ3) is 6.02. The van der Waals surface area contributed by atoms with E-state index in [0.29, 0.717) is 37.8 Å². The summed E-state index contributed by atoms with van der Waals surface area (Å²) in [6.45, 7) is -1.82. The highest BCUT2D eigenvalue weighted by atomic mass is 32.2. The summed E-state index contributed by atoms with van der Waals surface area (Å²) in [5, 5.41) is 12.2. The molecular formula is C23H28F6N4O5S. The van der Waals surface area contributed by atoms with E-state index in [0.717, 1.165) is 14.7 Å². The van der Waals surface area contributed by atoms with Crippen LogP contribution in [0.4, 0.5) is 26.3 Å². The maximum Gasteiger partial charge on any atom is 0.416 e. The van der Waals surface area contributed by atoms with Crippen molar-refractivity contribution in [1.29, 1.82) is 0 Å². The molecule has 3 aliphatic rings. The van der Waals surface area contributed by atoms with Gasteiger partial charge in [0.2, 0.25) is 11.8 Å².